The Balaban J connectivity index is 2.96. The molecule has 0 aromatic carbocycles. The van der Waals surface area contributed by atoms with Crippen LogP contribution in [0.3, 0.4) is 0 Å². The van der Waals surface area contributed by atoms with E-state index >= 15 is 0 Å². The van der Waals surface area contributed by atoms with Crippen LogP contribution in [0.15, 0.2) is 0 Å². The summed E-state index contributed by atoms with van der Waals surface area (Å²) in [6.45, 7) is 2.57. The van der Waals surface area contributed by atoms with E-state index in [1.165, 1.54) is 0 Å². The third-order valence-electron chi connectivity index (χ3n) is 1.64. The first-order chi connectivity index (χ1) is 4.66. The van der Waals surface area contributed by atoms with Crippen LogP contribution in [0.4, 0.5) is 0 Å². The van der Waals surface area contributed by atoms with Gasteiger partial charge in [-0.3, -0.25) is 4.79 Å². The Kier molecular flexibility index (Phi) is 1.89. The molecule has 1 unspecified atom stereocenters. The first-order valence-electron chi connectivity index (χ1n) is 3.09. The van der Waals surface area contributed by atoms with Gasteiger partial charge in [0.1, 0.15) is 4.86 Å². The van der Waals surface area contributed by atoms with Gasteiger partial charge in [0.2, 0.25) is 0 Å². The van der Waals surface area contributed by atoms with E-state index < -0.39 is 0 Å². The van der Waals surface area contributed by atoms with Crippen molar-refractivity contribution >= 4 is 22.0 Å². The van der Waals surface area contributed by atoms with E-state index in [2.05, 4.69) is 0 Å². The molecule has 3 nitrogen and oxygen atoms in total. The molecule has 1 saturated heterocycles. The maximum atomic E-state index is 11.0. The van der Waals surface area contributed by atoms with Crippen LogP contribution in [0.25, 0.3) is 0 Å². The third kappa shape index (κ3) is 0.988. The largest absolute Gasteiger partial charge is 0.341 e. The maximum absolute atomic E-state index is 11.0. The highest BCUT2D eigenvalue weighted by Gasteiger charge is 2.30. The van der Waals surface area contributed by atoms with E-state index in [9.17, 15) is 9.00 Å². The van der Waals surface area contributed by atoms with Gasteiger partial charge in [0, 0.05) is 19.5 Å². The third-order valence-corrected chi connectivity index (χ3v) is 2.40. The molecule has 4 heteroatoms. The molecule has 10 heavy (non-hydrogen) atoms. The highest BCUT2D eigenvalue weighted by molar-refractivity contribution is 7.68. The van der Waals surface area contributed by atoms with Crippen LogP contribution in [0.5, 0.6) is 0 Å². The Morgan fingerprint density at radius 3 is 2.50 bits per heavy atom. The van der Waals surface area contributed by atoms with Crippen LogP contribution in [0.1, 0.15) is 6.92 Å². The van der Waals surface area contributed by atoms with Gasteiger partial charge in [-0.2, -0.15) is 0 Å². The second-order valence-electron chi connectivity index (χ2n) is 2.53. The van der Waals surface area contributed by atoms with Crippen molar-refractivity contribution in [3.05, 3.63) is 0 Å². The molecule has 0 spiro atoms. The standard InChI is InChI=1S/C6H9NO2S/c1-4-3-7(2)6(8)5(4)10-9/h4H,3H2,1-2H3. The fraction of sp³-hybridized carbons (Fsp3) is 0.667. The molecule has 1 aliphatic heterocycles. The lowest BCUT2D eigenvalue weighted by Gasteiger charge is -2.03. The normalized spacial score (nSPS) is 25.8. The van der Waals surface area contributed by atoms with Gasteiger partial charge < -0.3 is 4.90 Å². The first kappa shape index (κ1) is 7.47. The van der Waals surface area contributed by atoms with Gasteiger partial charge in [0.15, 0.2) is 0 Å². The highest BCUT2D eigenvalue weighted by atomic mass is 32.1. The summed E-state index contributed by atoms with van der Waals surface area (Å²) in [5, 5.41) is 0. The summed E-state index contributed by atoms with van der Waals surface area (Å²) in [7, 11) is 1.71. The smallest absolute Gasteiger partial charge is 0.263 e. The van der Waals surface area contributed by atoms with Crippen LogP contribution in [0, 0.1) is 5.92 Å². The second-order valence-corrected chi connectivity index (χ2v) is 3.14. The van der Waals surface area contributed by atoms with Crippen molar-refractivity contribution in [3.8, 4) is 0 Å². The fourth-order valence-electron chi connectivity index (χ4n) is 1.09. The zero-order chi connectivity index (χ0) is 7.72. The number of carbonyl (C=O) groups is 1. The quantitative estimate of drug-likeness (QED) is 0.446. The molecule has 1 rings (SSSR count). The lowest BCUT2D eigenvalue weighted by molar-refractivity contribution is -0.121. The minimum Gasteiger partial charge on any atom is -0.341 e. The number of rotatable bonds is 0. The van der Waals surface area contributed by atoms with E-state index in [0.717, 1.165) is 0 Å². The van der Waals surface area contributed by atoms with E-state index in [0.29, 0.717) is 22.7 Å². The van der Waals surface area contributed by atoms with Gasteiger partial charge in [0.25, 0.3) is 5.91 Å². The zero-order valence-corrected chi connectivity index (χ0v) is 6.77. The Morgan fingerprint density at radius 2 is 2.30 bits per heavy atom. The van der Waals surface area contributed by atoms with Crippen molar-refractivity contribution < 1.29 is 9.00 Å². The molecule has 1 amide bonds. The monoisotopic (exact) mass is 159 g/mol. The molecule has 56 valence electrons. The van der Waals surface area contributed by atoms with Gasteiger partial charge >= 0.3 is 0 Å². The van der Waals surface area contributed by atoms with Crippen molar-refractivity contribution in [1.82, 2.24) is 4.90 Å². The van der Waals surface area contributed by atoms with Crippen LogP contribution in [0.2, 0.25) is 0 Å². The number of amides is 1. The number of hydrogen-bond donors (Lipinski definition) is 0. The SMILES string of the molecule is CC1CN(C)C(=O)C1=S=O. The molecule has 0 aromatic rings. The molecule has 0 bridgehead atoms. The average molecular weight is 159 g/mol. The van der Waals surface area contributed by atoms with Crippen molar-refractivity contribution in [2.75, 3.05) is 13.6 Å². The molecule has 1 heterocycles. The summed E-state index contributed by atoms with van der Waals surface area (Å²) in [4.78, 5) is 13.0. The van der Waals surface area contributed by atoms with Crippen LogP contribution in [-0.4, -0.2) is 33.5 Å². The fourth-order valence-corrected chi connectivity index (χ4v) is 1.56. The Hall–Kier alpha value is -0.640. The summed E-state index contributed by atoms with van der Waals surface area (Å²) < 4.78 is 10.3. The van der Waals surface area contributed by atoms with Gasteiger partial charge in [0.05, 0.1) is 11.3 Å². The summed E-state index contributed by atoms with van der Waals surface area (Å²) in [5.41, 5.74) is 0. The van der Waals surface area contributed by atoms with Crippen molar-refractivity contribution in [2.24, 2.45) is 5.92 Å². The van der Waals surface area contributed by atoms with Crippen molar-refractivity contribution in [3.63, 3.8) is 0 Å². The Labute approximate surface area is 63.1 Å². The molecule has 0 aliphatic carbocycles. The maximum Gasteiger partial charge on any atom is 0.263 e. The molecular formula is C6H9NO2S. The second kappa shape index (κ2) is 2.54. The lowest BCUT2D eigenvalue weighted by Crippen LogP contribution is -2.22. The zero-order valence-electron chi connectivity index (χ0n) is 5.96. The Bertz CT molecular complexity index is 220. The molecule has 1 atom stereocenters. The number of nitrogens with zero attached hydrogens (tertiary/aromatic N) is 1. The minimum atomic E-state index is -0.104. The molecule has 0 aromatic heterocycles. The molecule has 0 radical (unpaired) electrons. The van der Waals surface area contributed by atoms with E-state index in [1.807, 2.05) is 6.92 Å². The Morgan fingerprint density at radius 1 is 1.70 bits per heavy atom. The predicted octanol–water partition coefficient (Wildman–Crippen LogP) is -0.520. The summed E-state index contributed by atoms with van der Waals surface area (Å²) >= 11 is 0.328. The summed E-state index contributed by atoms with van der Waals surface area (Å²) in [6.07, 6.45) is 0. The summed E-state index contributed by atoms with van der Waals surface area (Å²) in [5.74, 6) is 0.0208. The van der Waals surface area contributed by atoms with E-state index in [1.54, 1.807) is 11.9 Å². The van der Waals surface area contributed by atoms with Crippen LogP contribution >= 0.6 is 0 Å². The van der Waals surface area contributed by atoms with Gasteiger partial charge in [-0.1, -0.05) is 6.92 Å². The molecular weight excluding hydrogens is 150 g/mol. The van der Waals surface area contributed by atoms with Gasteiger partial charge in [-0.25, -0.2) is 4.21 Å². The van der Waals surface area contributed by atoms with Crippen LogP contribution in [-0.2, 0) is 16.1 Å². The topological polar surface area (TPSA) is 37.4 Å². The van der Waals surface area contributed by atoms with Crippen LogP contribution < -0.4 is 0 Å². The average Bonchev–Trinajstić information content (AvgIpc) is 2.09. The van der Waals surface area contributed by atoms with Gasteiger partial charge in [-0.05, 0) is 0 Å². The molecule has 0 saturated carbocycles. The molecule has 0 N–H and O–H groups in total. The van der Waals surface area contributed by atoms with Gasteiger partial charge in [-0.15, -0.1) is 0 Å². The molecule has 1 fully saturated rings. The predicted molar refractivity (Wildman–Crippen MR) is 40.0 cm³/mol. The van der Waals surface area contributed by atoms with Crippen molar-refractivity contribution in [2.45, 2.75) is 6.92 Å². The van der Waals surface area contributed by atoms with Crippen molar-refractivity contribution in [1.29, 1.82) is 0 Å². The van der Waals surface area contributed by atoms with E-state index in [-0.39, 0.29) is 11.8 Å². The lowest BCUT2D eigenvalue weighted by atomic mass is 10.1. The number of hydrogen-bond acceptors (Lipinski definition) is 2. The van der Waals surface area contributed by atoms with E-state index in [4.69, 9.17) is 0 Å². The first-order valence-corrected chi connectivity index (χ1v) is 3.83. The number of carbonyl (C=O) groups excluding carboxylic acids is 1. The highest BCUT2D eigenvalue weighted by Crippen LogP contribution is 2.10. The molecule has 1 aliphatic rings. The summed E-state index contributed by atoms with van der Waals surface area (Å²) in [6, 6.07) is 0. The minimum absolute atomic E-state index is 0.104. The number of likely N-dealkylation sites (tertiary alicyclic amines) is 1.